The zero-order valence-electron chi connectivity index (χ0n) is 12.0. The highest BCUT2D eigenvalue weighted by molar-refractivity contribution is 6.21. The van der Waals surface area contributed by atoms with Crippen LogP contribution >= 0.6 is 0 Å². The number of benzene rings is 1. The molecule has 0 fully saturated rings. The first-order valence-electron chi connectivity index (χ1n) is 6.62. The van der Waals surface area contributed by atoms with Crippen LogP contribution in [0.1, 0.15) is 20.7 Å². The van der Waals surface area contributed by atoms with Gasteiger partial charge in [0.2, 0.25) is 0 Å². The van der Waals surface area contributed by atoms with Crippen LogP contribution in [0.3, 0.4) is 0 Å². The molecule has 0 saturated carbocycles. The molecule has 0 saturated heterocycles. The van der Waals surface area contributed by atoms with E-state index in [1.807, 2.05) is 0 Å². The molecule has 1 aliphatic rings. The number of ether oxygens (including phenoxy) is 1. The zero-order chi connectivity index (χ0) is 16.6. The summed E-state index contributed by atoms with van der Waals surface area (Å²) in [7, 11) is 1.44. The Labute approximate surface area is 129 Å². The highest BCUT2D eigenvalue weighted by atomic mass is 16.6. The predicted octanol–water partition coefficient (Wildman–Crippen LogP) is 0.398. The number of nitrogens with zero attached hydrogens (tertiary/aromatic N) is 5. The Bertz CT molecular complexity index is 780. The van der Waals surface area contributed by atoms with Crippen LogP contribution in [0, 0.1) is 10.1 Å². The molecular formula is C13H11N5O5. The molecule has 118 valence electrons. The van der Waals surface area contributed by atoms with Gasteiger partial charge in [0.1, 0.15) is 6.61 Å². The van der Waals surface area contributed by atoms with Crippen molar-refractivity contribution < 1.29 is 19.2 Å². The fourth-order valence-corrected chi connectivity index (χ4v) is 2.23. The molecule has 10 heteroatoms. The van der Waals surface area contributed by atoms with Crippen molar-refractivity contribution in [2.45, 2.75) is 0 Å². The van der Waals surface area contributed by atoms with Gasteiger partial charge in [0.25, 0.3) is 11.8 Å². The summed E-state index contributed by atoms with van der Waals surface area (Å²) in [6.45, 7) is -0.0395. The molecule has 1 aromatic carbocycles. The van der Waals surface area contributed by atoms with Gasteiger partial charge in [-0.15, -0.1) is 4.68 Å². The molecule has 3 rings (SSSR count). The van der Waals surface area contributed by atoms with Crippen molar-refractivity contribution in [1.29, 1.82) is 0 Å². The number of aryl methyl sites for hydroxylation is 1. The smallest absolute Gasteiger partial charge is 0.449 e. The second kappa shape index (κ2) is 5.48. The number of rotatable bonds is 5. The Hall–Kier alpha value is -3.30. The summed E-state index contributed by atoms with van der Waals surface area (Å²) in [6.07, 6.45) is 0. The number of amides is 2. The van der Waals surface area contributed by atoms with E-state index in [4.69, 9.17) is 4.74 Å². The number of hydrogen-bond donors (Lipinski definition) is 0. The summed E-state index contributed by atoms with van der Waals surface area (Å²) < 4.78 is 6.38. The van der Waals surface area contributed by atoms with Crippen LogP contribution in [0.25, 0.3) is 0 Å². The molecule has 0 N–H and O–H groups in total. The Morgan fingerprint density at radius 3 is 2.35 bits per heavy atom. The van der Waals surface area contributed by atoms with Crippen molar-refractivity contribution in [2.24, 2.45) is 7.05 Å². The maximum atomic E-state index is 12.1. The quantitative estimate of drug-likeness (QED) is 0.444. The summed E-state index contributed by atoms with van der Waals surface area (Å²) in [5.74, 6) is -1.36. The minimum absolute atomic E-state index is 0.00695. The molecule has 10 nitrogen and oxygen atoms in total. The Kier molecular flexibility index (Phi) is 3.48. The Morgan fingerprint density at radius 2 is 1.83 bits per heavy atom. The minimum Gasteiger partial charge on any atom is -0.449 e. The first-order chi connectivity index (χ1) is 11.0. The van der Waals surface area contributed by atoms with Crippen LogP contribution in [0.4, 0.5) is 5.95 Å². The number of imide groups is 1. The normalized spacial score (nSPS) is 13.3. The Balaban J connectivity index is 1.65. The van der Waals surface area contributed by atoms with Crippen molar-refractivity contribution in [3.63, 3.8) is 0 Å². The first kappa shape index (κ1) is 14.6. The maximum Gasteiger partial charge on any atom is 0.494 e. The third-order valence-corrected chi connectivity index (χ3v) is 3.30. The number of carbonyl (C=O) groups is 2. The van der Waals surface area contributed by atoms with Crippen LogP contribution in [0.2, 0.25) is 0 Å². The maximum absolute atomic E-state index is 12.1. The van der Waals surface area contributed by atoms with Gasteiger partial charge in [0.15, 0.2) is 0 Å². The van der Waals surface area contributed by atoms with Gasteiger partial charge in [-0.05, 0) is 22.0 Å². The van der Waals surface area contributed by atoms with Gasteiger partial charge in [-0.3, -0.25) is 14.5 Å². The van der Waals surface area contributed by atoms with Gasteiger partial charge in [-0.1, -0.05) is 12.1 Å². The summed E-state index contributed by atoms with van der Waals surface area (Å²) >= 11 is 0. The molecule has 0 radical (unpaired) electrons. The summed E-state index contributed by atoms with van der Waals surface area (Å²) in [5.41, 5.74) is 0.707. The van der Waals surface area contributed by atoms with Crippen molar-refractivity contribution in [3.8, 4) is 6.01 Å². The molecule has 2 heterocycles. The topological polar surface area (TPSA) is 120 Å². The van der Waals surface area contributed by atoms with Crippen molar-refractivity contribution in [3.05, 3.63) is 45.5 Å². The number of nitro groups is 1. The molecular weight excluding hydrogens is 306 g/mol. The lowest BCUT2D eigenvalue weighted by atomic mass is 10.1. The van der Waals surface area contributed by atoms with E-state index >= 15 is 0 Å². The van der Waals surface area contributed by atoms with Crippen molar-refractivity contribution >= 4 is 17.8 Å². The molecule has 23 heavy (non-hydrogen) atoms. The lowest BCUT2D eigenvalue weighted by Crippen LogP contribution is -2.33. The van der Waals surface area contributed by atoms with Crippen LogP contribution in [-0.2, 0) is 7.05 Å². The average molecular weight is 317 g/mol. The van der Waals surface area contributed by atoms with E-state index in [2.05, 4.69) is 10.1 Å². The monoisotopic (exact) mass is 317 g/mol. The third-order valence-electron chi connectivity index (χ3n) is 3.30. The number of fused-ring (bicyclic) bond motifs is 1. The van der Waals surface area contributed by atoms with E-state index in [1.54, 1.807) is 24.3 Å². The van der Waals surface area contributed by atoms with Gasteiger partial charge in [-0.2, -0.15) is 0 Å². The van der Waals surface area contributed by atoms with Gasteiger partial charge in [0.05, 0.1) is 24.7 Å². The molecule has 0 unspecified atom stereocenters. The second-order valence-corrected chi connectivity index (χ2v) is 4.73. The number of hydrogen-bond acceptors (Lipinski definition) is 7. The largest absolute Gasteiger partial charge is 0.494 e. The highest BCUT2D eigenvalue weighted by Crippen LogP contribution is 2.22. The fraction of sp³-hybridized carbons (Fsp3) is 0.231. The van der Waals surface area contributed by atoms with E-state index in [1.165, 1.54) is 7.05 Å². The van der Waals surface area contributed by atoms with Crippen LogP contribution in [0.15, 0.2) is 24.3 Å². The van der Waals surface area contributed by atoms with Crippen LogP contribution < -0.4 is 4.74 Å². The molecule has 2 amide bonds. The molecule has 0 atom stereocenters. The van der Waals surface area contributed by atoms with Gasteiger partial charge in [0, 0.05) is 5.10 Å². The molecule has 2 aromatic rings. The van der Waals surface area contributed by atoms with E-state index < -0.39 is 22.7 Å². The number of carbonyl (C=O) groups excluding carboxylic acids is 2. The Morgan fingerprint density at radius 1 is 1.22 bits per heavy atom. The molecule has 0 aliphatic carbocycles. The zero-order valence-corrected chi connectivity index (χ0v) is 12.0. The lowest BCUT2D eigenvalue weighted by molar-refractivity contribution is -0.394. The van der Waals surface area contributed by atoms with Gasteiger partial charge < -0.3 is 14.9 Å². The lowest BCUT2D eigenvalue weighted by Gasteiger charge is -2.12. The molecule has 1 aliphatic heterocycles. The van der Waals surface area contributed by atoms with E-state index in [9.17, 15) is 19.7 Å². The minimum atomic E-state index is -0.739. The van der Waals surface area contributed by atoms with Crippen molar-refractivity contribution in [2.75, 3.05) is 13.2 Å². The highest BCUT2D eigenvalue weighted by Gasteiger charge is 2.35. The second-order valence-electron chi connectivity index (χ2n) is 4.73. The van der Waals surface area contributed by atoms with E-state index in [-0.39, 0.29) is 19.2 Å². The average Bonchev–Trinajstić information content (AvgIpc) is 3.01. The fourth-order valence-electron chi connectivity index (χ4n) is 2.23. The number of aromatic nitrogens is 3. The van der Waals surface area contributed by atoms with E-state index in [0.717, 1.165) is 9.58 Å². The molecule has 0 spiro atoms. The summed E-state index contributed by atoms with van der Waals surface area (Å²) in [6, 6.07) is 6.48. The van der Waals surface area contributed by atoms with Crippen molar-refractivity contribution in [1.82, 2.24) is 19.7 Å². The van der Waals surface area contributed by atoms with Crippen LogP contribution in [-0.4, -0.2) is 49.6 Å². The third kappa shape index (κ3) is 2.50. The van der Waals surface area contributed by atoms with Gasteiger partial charge >= 0.3 is 12.0 Å². The summed E-state index contributed by atoms with van der Waals surface area (Å²) in [4.78, 5) is 38.8. The standard InChI is InChI=1S/C13H11N5O5/c1-16-13(14-12(15-16)18(21)22)23-7-6-17-10(19)8-4-2-3-5-9(8)11(17)20/h2-5H,6-7H2,1H3. The SMILES string of the molecule is Cn1nc([N+](=O)[O-])nc1OCCN1C(=O)c2ccccc2C1=O. The van der Waals surface area contributed by atoms with Crippen LogP contribution in [0.5, 0.6) is 6.01 Å². The molecule has 1 aromatic heterocycles. The summed E-state index contributed by atoms with van der Waals surface area (Å²) in [5, 5.41) is 14.1. The predicted molar refractivity (Wildman–Crippen MR) is 75.0 cm³/mol. The van der Waals surface area contributed by atoms with E-state index in [0.29, 0.717) is 11.1 Å². The first-order valence-corrected chi connectivity index (χ1v) is 6.62. The van der Waals surface area contributed by atoms with Gasteiger partial charge in [-0.25, -0.2) is 0 Å². The molecule has 0 bridgehead atoms.